The Morgan fingerprint density at radius 2 is 1.79 bits per heavy atom. The minimum atomic E-state index is -0.355. The molecule has 174 valence electrons. The number of benzene rings is 2. The van der Waals surface area contributed by atoms with Crippen molar-refractivity contribution in [1.29, 1.82) is 0 Å². The molecule has 1 aliphatic heterocycles. The number of hydrogen-bond acceptors (Lipinski definition) is 4. The number of carbonyl (C=O) groups excluding carboxylic acids is 1. The number of fused-ring (bicyclic) bond motifs is 1. The maximum atomic E-state index is 13.6. The van der Waals surface area contributed by atoms with E-state index in [1.54, 1.807) is 22.8 Å². The SMILES string of the molecule is CC(C)CC(=O)N1CCN(C(C)c2nc3ccccc3c(=O)n2-c2ccc(F)cc2)CC1C. The lowest BCUT2D eigenvalue weighted by Crippen LogP contribution is -2.54. The molecule has 0 N–H and O–H groups in total. The van der Waals surface area contributed by atoms with Crippen molar-refractivity contribution in [2.45, 2.75) is 46.2 Å². The Bertz CT molecular complexity index is 1210. The van der Waals surface area contributed by atoms with Gasteiger partial charge in [0.1, 0.15) is 11.6 Å². The Balaban J connectivity index is 1.70. The van der Waals surface area contributed by atoms with Crippen molar-refractivity contribution in [2.24, 2.45) is 5.92 Å². The number of halogens is 1. The van der Waals surface area contributed by atoms with Crippen molar-refractivity contribution < 1.29 is 9.18 Å². The van der Waals surface area contributed by atoms with Crippen LogP contribution in [-0.2, 0) is 4.79 Å². The van der Waals surface area contributed by atoms with Crippen LogP contribution in [0, 0.1) is 11.7 Å². The Morgan fingerprint density at radius 1 is 1.09 bits per heavy atom. The van der Waals surface area contributed by atoms with Crippen LogP contribution in [0.4, 0.5) is 4.39 Å². The Labute approximate surface area is 193 Å². The Kier molecular flexibility index (Phi) is 6.61. The first-order valence-electron chi connectivity index (χ1n) is 11.6. The number of piperazine rings is 1. The highest BCUT2D eigenvalue weighted by molar-refractivity contribution is 5.78. The average Bonchev–Trinajstić information content (AvgIpc) is 2.78. The molecule has 0 bridgehead atoms. The number of aromatic nitrogens is 2. The predicted octanol–water partition coefficient (Wildman–Crippen LogP) is 4.16. The van der Waals surface area contributed by atoms with Crippen molar-refractivity contribution in [3.63, 3.8) is 0 Å². The van der Waals surface area contributed by atoms with Crippen LogP contribution in [0.15, 0.2) is 53.3 Å². The molecule has 7 heteroatoms. The van der Waals surface area contributed by atoms with Crippen LogP contribution in [0.2, 0.25) is 0 Å². The van der Waals surface area contributed by atoms with Gasteiger partial charge in [0.15, 0.2) is 0 Å². The summed E-state index contributed by atoms with van der Waals surface area (Å²) in [5.41, 5.74) is 1.05. The number of amides is 1. The van der Waals surface area contributed by atoms with E-state index in [0.29, 0.717) is 54.4 Å². The van der Waals surface area contributed by atoms with Crippen molar-refractivity contribution in [3.05, 3.63) is 70.5 Å². The fourth-order valence-corrected chi connectivity index (χ4v) is 4.61. The summed E-state index contributed by atoms with van der Waals surface area (Å²) in [4.78, 5) is 35.2. The molecule has 2 unspecified atom stereocenters. The van der Waals surface area contributed by atoms with E-state index in [9.17, 15) is 14.0 Å². The fourth-order valence-electron chi connectivity index (χ4n) is 4.61. The van der Waals surface area contributed by atoms with Crippen molar-refractivity contribution >= 4 is 16.8 Å². The summed E-state index contributed by atoms with van der Waals surface area (Å²) >= 11 is 0. The lowest BCUT2D eigenvalue weighted by Gasteiger charge is -2.42. The number of para-hydroxylation sites is 1. The number of carbonyl (C=O) groups is 1. The van der Waals surface area contributed by atoms with Crippen molar-refractivity contribution in [3.8, 4) is 5.69 Å². The normalized spacial score (nSPS) is 18.1. The van der Waals surface area contributed by atoms with E-state index in [1.807, 2.05) is 30.0 Å². The second kappa shape index (κ2) is 9.43. The van der Waals surface area contributed by atoms with Gasteiger partial charge in [-0.25, -0.2) is 9.37 Å². The molecule has 4 rings (SSSR count). The number of nitrogens with zero attached hydrogens (tertiary/aromatic N) is 4. The van der Waals surface area contributed by atoms with E-state index >= 15 is 0 Å². The highest BCUT2D eigenvalue weighted by Crippen LogP contribution is 2.26. The van der Waals surface area contributed by atoms with Crippen LogP contribution >= 0.6 is 0 Å². The van der Waals surface area contributed by atoms with Gasteiger partial charge in [-0.15, -0.1) is 0 Å². The summed E-state index contributed by atoms with van der Waals surface area (Å²) in [6.07, 6.45) is 0.552. The number of rotatable bonds is 5. The monoisotopic (exact) mass is 450 g/mol. The van der Waals surface area contributed by atoms with E-state index in [0.717, 1.165) is 0 Å². The minimum absolute atomic E-state index is 0.0684. The van der Waals surface area contributed by atoms with E-state index < -0.39 is 0 Å². The molecule has 1 amide bonds. The van der Waals surface area contributed by atoms with Crippen molar-refractivity contribution in [2.75, 3.05) is 19.6 Å². The van der Waals surface area contributed by atoms with Crippen LogP contribution < -0.4 is 5.56 Å². The molecule has 1 aromatic heterocycles. The predicted molar refractivity (Wildman–Crippen MR) is 128 cm³/mol. The first-order valence-corrected chi connectivity index (χ1v) is 11.6. The van der Waals surface area contributed by atoms with Gasteiger partial charge in [-0.2, -0.15) is 0 Å². The summed E-state index contributed by atoms with van der Waals surface area (Å²) in [5.74, 6) is 0.774. The zero-order valence-electron chi connectivity index (χ0n) is 19.7. The van der Waals surface area contributed by atoms with Gasteiger partial charge < -0.3 is 4.90 Å². The third-order valence-corrected chi connectivity index (χ3v) is 6.37. The molecular formula is C26H31FN4O2. The molecule has 3 aromatic rings. The standard InChI is InChI=1S/C26H31FN4O2/c1-17(2)15-24(32)30-14-13-29(16-18(30)3)19(4)25-28-23-8-6-5-7-22(23)26(33)31(25)21-11-9-20(27)10-12-21/h5-12,17-19H,13-16H2,1-4H3. The van der Waals surface area contributed by atoms with Crippen molar-refractivity contribution in [1.82, 2.24) is 19.4 Å². The lowest BCUT2D eigenvalue weighted by atomic mass is 10.1. The molecule has 0 aliphatic carbocycles. The molecule has 0 radical (unpaired) electrons. The van der Waals surface area contributed by atoms with Crippen LogP contribution in [0.25, 0.3) is 16.6 Å². The number of hydrogen-bond donors (Lipinski definition) is 0. The quantitative estimate of drug-likeness (QED) is 0.586. The molecular weight excluding hydrogens is 419 g/mol. The lowest BCUT2D eigenvalue weighted by molar-refractivity contribution is -0.136. The van der Waals surface area contributed by atoms with Crippen LogP contribution in [-0.4, -0.2) is 50.9 Å². The van der Waals surface area contributed by atoms with Gasteiger partial charge in [0.2, 0.25) is 5.91 Å². The second-order valence-electron chi connectivity index (χ2n) is 9.31. The molecule has 33 heavy (non-hydrogen) atoms. The van der Waals surface area contributed by atoms with E-state index in [1.165, 1.54) is 12.1 Å². The maximum absolute atomic E-state index is 13.6. The minimum Gasteiger partial charge on any atom is -0.337 e. The van der Waals surface area contributed by atoms with Gasteiger partial charge in [0.25, 0.3) is 5.56 Å². The first kappa shape index (κ1) is 23.1. The molecule has 2 atom stereocenters. The summed E-state index contributed by atoms with van der Waals surface area (Å²) in [5, 5.41) is 0.523. The van der Waals surface area contributed by atoms with Gasteiger partial charge in [-0.3, -0.25) is 19.1 Å². The average molecular weight is 451 g/mol. The molecule has 1 aliphatic rings. The molecule has 1 saturated heterocycles. The summed E-state index contributed by atoms with van der Waals surface area (Å²) in [6.45, 7) is 10.2. The second-order valence-corrected chi connectivity index (χ2v) is 9.31. The summed E-state index contributed by atoms with van der Waals surface area (Å²) in [6, 6.07) is 13.1. The van der Waals surface area contributed by atoms with Gasteiger partial charge in [-0.1, -0.05) is 26.0 Å². The third-order valence-electron chi connectivity index (χ3n) is 6.37. The first-order chi connectivity index (χ1) is 15.8. The molecule has 0 saturated carbocycles. The summed E-state index contributed by atoms with van der Waals surface area (Å²) < 4.78 is 15.2. The van der Waals surface area contributed by atoms with Crippen LogP contribution in [0.3, 0.4) is 0 Å². The van der Waals surface area contributed by atoms with E-state index in [2.05, 4.69) is 25.7 Å². The highest BCUT2D eigenvalue weighted by Gasteiger charge is 2.32. The van der Waals surface area contributed by atoms with Gasteiger partial charge in [0, 0.05) is 32.1 Å². The highest BCUT2D eigenvalue weighted by atomic mass is 19.1. The van der Waals surface area contributed by atoms with Crippen LogP contribution in [0.1, 0.15) is 46.0 Å². The van der Waals surface area contributed by atoms with Gasteiger partial charge in [-0.05, 0) is 56.2 Å². The molecule has 2 aromatic carbocycles. The van der Waals surface area contributed by atoms with Gasteiger partial charge in [0.05, 0.1) is 22.6 Å². The molecule has 0 spiro atoms. The third kappa shape index (κ3) is 4.69. The van der Waals surface area contributed by atoms with E-state index in [4.69, 9.17) is 4.98 Å². The van der Waals surface area contributed by atoms with Gasteiger partial charge >= 0.3 is 0 Å². The largest absolute Gasteiger partial charge is 0.337 e. The van der Waals surface area contributed by atoms with Crippen LogP contribution in [0.5, 0.6) is 0 Å². The Morgan fingerprint density at radius 3 is 2.45 bits per heavy atom. The summed E-state index contributed by atoms with van der Waals surface area (Å²) in [7, 11) is 0. The zero-order chi connectivity index (χ0) is 23.7. The smallest absolute Gasteiger partial charge is 0.266 e. The zero-order valence-corrected chi connectivity index (χ0v) is 19.7. The molecule has 1 fully saturated rings. The Hall–Kier alpha value is -3.06. The topological polar surface area (TPSA) is 58.4 Å². The fraction of sp³-hybridized carbons (Fsp3) is 0.423. The molecule has 2 heterocycles. The molecule has 6 nitrogen and oxygen atoms in total. The van der Waals surface area contributed by atoms with E-state index in [-0.39, 0.29) is 29.4 Å². The maximum Gasteiger partial charge on any atom is 0.266 e.